The topological polar surface area (TPSA) is 29.3 Å². The molecule has 0 saturated heterocycles. The van der Waals surface area contributed by atoms with E-state index < -0.39 is 0 Å². The maximum absolute atomic E-state index is 5.68. The molecule has 3 heteroatoms. The van der Waals surface area contributed by atoms with E-state index in [0.717, 1.165) is 18.9 Å². The molecule has 1 saturated carbocycles. The summed E-state index contributed by atoms with van der Waals surface area (Å²) >= 11 is 5.04. The van der Waals surface area contributed by atoms with Crippen LogP contribution in [-0.4, -0.2) is 29.5 Å². The van der Waals surface area contributed by atoms with Gasteiger partial charge in [0.1, 0.15) is 0 Å². The molecule has 16 heavy (non-hydrogen) atoms. The van der Waals surface area contributed by atoms with Crippen LogP contribution in [0.5, 0.6) is 0 Å². The second kappa shape index (κ2) is 5.97. The van der Waals surface area contributed by atoms with E-state index >= 15 is 0 Å². The van der Waals surface area contributed by atoms with E-state index in [0.29, 0.717) is 10.4 Å². The first-order chi connectivity index (χ1) is 7.51. The summed E-state index contributed by atoms with van der Waals surface area (Å²) in [6.07, 6.45) is 4.82. The predicted octanol–water partition coefficient (Wildman–Crippen LogP) is 2.81. The monoisotopic (exact) mass is 242 g/mol. The van der Waals surface area contributed by atoms with Crippen LogP contribution in [0.4, 0.5) is 0 Å². The van der Waals surface area contributed by atoms with Gasteiger partial charge in [-0.25, -0.2) is 0 Å². The Morgan fingerprint density at radius 1 is 1.44 bits per heavy atom. The predicted molar refractivity (Wildman–Crippen MR) is 74.6 cm³/mol. The van der Waals surface area contributed by atoms with Gasteiger partial charge in [0.05, 0.1) is 4.99 Å². The van der Waals surface area contributed by atoms with Crippen LogP contribution in [0, 0.1) is 11.3 Å². The minimum absolute atomic E-state index is 0.440. The highest BCUT2D eigenvalue weighted by molar-refractivity contribution is 7.80. The van der Waals surface area contributed by atoms with Gasteiger partial charge in [0, 0.05) is 19.5 Å². The molecule has 0 spiro atoms. The number of thiocarbonyl (C=S) groups is 1. The molecule has 1 aliphatic carbocycles. The Hall–Kier alpha value is -0.150. The van der Waals surface area contributed by atoms with Gasteiger partial charge in [0.15, 0.2) is 0 Å². The average molecular weight is 242 g/mol. The molecule has 2 N–H and O–H groups in total. The molecule has 0 amide bonds. The molecule has 2 nitrogen and oxygen atoms in total. The van der Waals surface area contributed by atoms with Crippen LogP contribution < -0.4 is 5.73 Å². The van der Waals surface area contributed by atoms with Crippen LogP contribution in [0.25, 0.3) is 0 Å². The number of nitrogens with two attached hydrogens (primary N) is 1. The van der Waals surface area contributed by atoms with Crippen molar-refractivity contribution in [3.63, 3.8) is 0 Å². The van der Waals surface area contributed by atoms with Crippen LogP contribution in [0.2, 0.25) is 0 Å². The second-order valence-corrected chi connectivity index (χ2v) is 6.01. The second-order valence-electron chi connectivity index (χ2n) is 5.48. The molecule has 0 radical (unpaired) electrons. The van der Waals surface area contributed by atoms with Crippen LogP contribution in [0.1, 0.15) is 46.5 Å². The summed E-state index contributed by atoms with van der Waals surface area (Å²) in [7, 11) is 0. The molecule has 1 unspecified atom stereocenters. The highest BCUT2D eigenvalue weighted by Crippen LogP contribution is 2.49. The lowest BCUT2D eigenvalue weighted by Crippen LogP contribution is -2.35. The zero-order valence-electron chi connectivity index (χ0n) is 11.0. The van der Waals surface area contributed by atoms with E-state index in [4.69, 9.17) is 18.0 Å². The van der Waals surface area contributed by atoms with Gasteiger partial charge in [-0.15, -0.1) is 0 Å². The molecule has 0 aromatic heterocycles. The van der Waals surface area contributed by atoms with Gasteiger partial charge >= 0.3 is 0 Å². The average Bonchev–Trinajstić information content (AvgIpc) is 2.95. The van der Waals surface area contributed by atoms with Crippen molar-refractivity contribution in [3.05, 3.63) is 0 Å². The van der Waals surface area contributed by atoms with E-state index in [1.807, 2.05) is 0 Å². The van der Waals surface area contributed by atoms with Gasteiger partial charge in [0.2, 0.25) is 0 Å². The Kier molecular flexibility index (Phi) is 5.19. The summed E-state index contributed by atoms with van der Waals surface area (Å²) in [5, 5.41) is 0. The summed E-state index contributed by atoms with van der Waals surface area (Å²) < 4.78 is 0. The number of nitrogens with zero attached hydrogens (tertiary/aromatic N) is 1. The summed E-state index contributed by atoms with van der Waals surface area (Å²) in [4.78, 5) is 3.26. The van der Waals surface area contributed by atoms with E-state index in [9.17, 15) is 0 Å². The van der Waals surface area contributed by atoms with Crippen molar-refractivity contribution in [2.75, 3.05) is 19.6 Å². The fourth-order valence-corrected chi connectivity index (χ4v) is 2.59. The highest BCUT2D eigenvalue weighted by atomic mass is 32.1. The lowest BCUT2D eigenvalue weighted by atomic mass is 10.0. The van der Waals surface area contributed by atoms with Crippen molar-refractivity contribution < 1.29 is 0 Å². The fraction of sp³-hybridized carbons (Fsp3) is 0.923. The van der Waals surface area contributed by atoms with Gasteiger partial charge in [0.25, 0.3) is 0 Å². The van der Waals surface area contributed by atoms with Crippen LogP contribution in [0.3, 0.4) is 0 Å². The van der Waals surface area contributed by atoms with Gasteiger partial charge in [-0.3, -0.25) is 0 Å². The minimum Gasteiger partial charge on any atom is -0.393 e. The molecule has 0 aliphatic heterocycles. The van der Waals surface area contributed by atoms with E-state index in [1.54, 1.807) is 0 Å². The third kappa shape index (κ3) is 4.38. The maximum Gasteiger partial charge on any atom is 0.0733 e. The molecule has 94 valence electrons. The van der Waals surface area contributed by atoms with Crippen molar-refractivity contribution in [3.8, 4) is 0 Å². The van der Waals surface area contributed by atoms with E-state index in [1.165, 1.54) is 32.4 Å². The summed E-state index contributed by atoms with van der Waals surface area (Å²) in [5.41, 5.74) is 6.12. The standard InChI is InChI=1S/C13H26N2S/c1-4-11(3)9-15(5-2)10-13(6-7-13)8-12(14)16/h11H,4-10H2,1-3H3,(H2,14,16). The van der Waals surface area contributed by atoms with Crippen molar-refractivity contribution in [1.29, 1.82) is 0 Å². The first kappa shape index (κ1) is 13.9. The van der Waals surface area contributed by atoms with Gasteiger partial charge in [-0.1, -0.05) is 39.4 Å². The van der Waals surface area contributed by atoms with Gasteiger partial charge < -0.3 is 10.6 Å². The maximum atomic E-state index is 5.68. The lowest BCUT2D eigenvalue weighted by Gasteiger charge is -2.28. The Labute approximate surface area is 106 Å². The van der Waals surface area contributed by atoms with E-state index in [-0.39, 0.29) is 0 Å². The highest BCUT2D eigenvalue weighted by Gasteiger charge is 2.43. The summed E-state index contributed by atoms with van der Waals surface area (Å²) in [5.74, 6) is 0.792. The molecular formula is C13H26N2S. The molecule has 0 heterocycles. The van der Waals surface area contributed by atoms with E-state index in [2.05, 4.69) is 25.7 Å². The zero-order chi connectivity index (χ0) is 12.2. The lowest BCUT2D eigenvalue weighted by molar-refractivity contribution is 0.203. The van der Waals surface area contributed by atoms with Gasteiger partial charge in [-0.05, 0) is 30.7 Å². The normalized spacial score (nSPS) is 19.8. The Balaban J connectivity index is 2.40. The quantitative estimate of drug-likeness (QED) is 0.664. The minimum atomic E-state index is 0.440. The first-order valence-corrected chi connectivity index (χ1v) is 6.93. The number of hydrogen-bond donors (Lipinski definition) is 1. The van der Waals surface area contributed by atoms with Crippen molar-refractivity contribution in [1.82, 2.24) is 4.90 Å². The molecule has 1 atom stereocenters. The first-order valence-electron chi connectivity index (χ1n) is 6.52. The van der Waals surface area contributed by atoms with Crippen molar-refractivity contribution in [2.24, 2.45) is 17.1 Å². The smallest absolute Gasteiger partial charge is 0.0733 e. The van der Waals surface area contributed by atoms with Crippen molar-refractivity contribution in [2.45, 2.75) is 46.5 Å². The Morgan fingerprint density at radius 3 is 2.44 bits per heavy atom. The third-order valence-corrected chi connectivity index (χ3v) is 3.92. The molecular weight excluding hydrogens is 216 g/mol. The molecule has 0 aromatic carbocycles. The summed E-state index contributed by atoms with van der Waals surface area (Å²) in [6, 6.07) is 0. The molecule has 1 rings (SSSR count). The fourth-order valence-electron chi connectivity index (χ4n) is 2.29. The molecule has 1 fully saturated rings. The van der Waals surface area contributed by atoms with Crippen molar-refractivity contribution >= 4 is 17.2 Å². The number of rotatable bonds is 8. The molecule has 1 aliphatic rings. The van der Waals surface area contributed by atoms with Crippen LogP contribution in [0.15, 0.2) is 0 Å². The summed E-state index contributed by atoms with van der Waals surface area (Å²) in [6.45, 7) is 10.4. The largest absolute Gasteiger partial charge is 0.393 e. The van der Waals surface area contributed by atoms with Crippen LogP contribution >= 0.6 is 12.2 Å². The van der Waals surface area contributed by atoms with Gasteiger partial charge in [-0.2, -0.15) is 0 Å². The van der Waals surface area contributed by atoms with Crippen LogP contribution in [-0.2, 0) is 0 Å². The third-order valence-electron chi connectivity index (χ3n) is 3.78. The molecule has 0 bridgehead atoms. The SMILES string of the molecule is CCC(C)CN(CC)CC1(CC(N)=S)CC1. The Bertz CT molecular complexity index is 236. The molecule has 0 aromatic rings. The Morgan fingerprint density at radius 2 is 2.06 bits per heavy atom. The number of hydrogen-bond acceptors (Lipinski definition) is 2. The zero-order valence-corrected chi connectivity index (χ0v) is 11.8.